The van der Waals surface area contributed by atoms with Gasteiger partial charge in [-0.3, -0.25) is 0 Å². The lowest BCUT2D eigenvalue weighted by atomic mass is 10.2. The lowest BCUT2D eigenvalue weighted by molar-refractivity contribution is 0.0696. The van der Waals surface area contributed by atoms with E-state index < -0.39 is 11.8 Å². The van der Waals surface area contributed by atoms with Gasteiger partial charge in [0.05, 0.1) is 26.5 Å². The first-order valence-corrected chi connectivity index (χ1v) is 8.84. The Morgan fingerprint density at radius 1 is 1.04 bits per heavy atom. The molecule has 1 N–H and O–H groups in total. The van der Waals surface area contributed by atoms with E-state index in [9.17, 15) is 9.18 Å². The summed E-state index contributed by atoms with van der Waals surface area (Å²) in [5.74, 6) is -1.51. The van der Waals surface area contributed by atoms with Crippen LogP contribution in [0.2, 0.25) is 10.0 Å². The molecule has 0 aliphatic rings. The monoisotopic (exact) mass is 416 g/mol. The predicted octanol–water partition coefficient (Wildman–Crippen LogP) is 5.96. The molecule has 0 radical (unpaired) electrons. The van der Waals surface area contributed by atoms with E-state index in [1.807, 2.05) is 0 Å². The summed E-state index contributed by atoms with van der Waals surface area (Å²) in [5.41, 5.74) is 0.501. The number of benzene rings is 3. The Bertz CT molecular complexity index is 1200. The fraction of sp³-hybridized carbons (Fsp3) is 0. The molecule has 0 fully saturated rings. The van der Waals surface area contributed by atoms with Crippen molar-refractivity contribution in [3.05, 3.63) is 82.1 Å². The van der Waals surface area contributed by atoms with Crippen molar-refractivity contribution in [3.8, 4) is 17.3 Å². The average molecular weight is 417 g/mol. The molecule has 4 aromatic rings. The molecule has 0 unspecified atom stereocenters. The maximum absolute atomic E-state index is 14.6. The van der Waals surface area contributed by atoms with E-state index in [1.54, 1.807) is 42.5 Å². The van der Waals surface area contributed by atoms with Crippen LogP contribution in [0.1, 0.15) is 10.4 Å². The zero-order valence-electron chi connectivity index (χ0n) is 14.1. The zero-order valence-corrected chi connectivity index (χ0v) is 15.6. The molecule has 1 heterocycles. The summed E-state index contributed by atoms with van der Waals surface area (Å²) in [7, 11) is 0. The summed E-state index contributed by atoms with van der Waals surface area (Å²) in [6.07, 6.45) is 0. The minimum absolute atomic E-state index is 0.0845. The summed E-state index contributed by atoms with van der Waals surface area (Å²) in [5, 5.41) is 14.6. The van der Waals surface area contributed by atoms with Gasteiger partial charge in [-0.1, -0.05) is 41.4 Å². The van der Waals surface area contributed by atoms with Gasteiger partial charge in [-0.05, 0) is 42.5 Å². The standard InChI is InChI=1S/C20H11Cl2FN2O3/c21-13-5-3-6-14(22)18(13)28-19-12-4-1-2-7-16(12)25(24-19)17-9-8-11(20(26)27)10-15(17)23/h1-10H,(H,26,27). The second-order valence-electron chi connectivity index (χ2n) is 5.86. The highest BCUT2D eigenvalue weighted by molar-refractivity contribution is 6.37. The largest absolute Gasteiger partial charge is 0.478 e. The molecule has 140 valence electrons. The molecule has 0 aliphatic heterocycles. The van der Waals surface area contributed by atoms with Gasteiger partial charge in [-0.25, -0.2) is 13.9 Å². The van der Waals surface area contributed by atoms with Crippen molar-refractivity contribution in [1.29, 1.82) is 0 Å². The number of para-hydroxylation sites is 2. The third-order valence-corrected chi connectivity index (χ3v) is 4.69. The number of aromatic carboxylic acids is 1. The smallest absolute Gasteiger partial charge is 0.335 e. The number of hydrogen-bond donors (Lipinski definition) is 1. The molecule has 0 saturated heterocycles. The quantitative estimate of drug-likeness (QED) is 0.445. The first-order chi connectivity index (χ1) is 13.5. The Morgan fingerprint density at radius 2 is 1.75 bits per heavy atom. The van der Waals surface area contributed by atoms with Crippen LogP contribution in [0.5, 0.6) is 11.6 Å². The second-order valence-corrected chi connectivity index (χ2v) is 6.67. The molecule has 0 bridgehead atoms. The van der Waals surface area contributed by atoms with Crippen molar-refractivity contribution in [1.82, 2.24) is 9.78 Å². The molecular weight excluding hydrogens is 406 g/mol. The van der Waals surface area contributed by atoms with Crippen LogP contribution in [-0.2, 0) is 0 Å². The molecule has 0 spiro atoms. The van der Waals surface area contributed by atoms with Crippen molar-refractivity contribution >= 4 is 40.1 Å². The van der Waals surface area contributed by atoms with E-state index in [2.05, 4.69) is 5.10 Å². The van der Waals surface area contributed by atoms with Gasteiger partial charge in [-0.15, -0.1) is 5.10 Å². The van der Waals surface area contributed by atoms with Gasteiger partial charge in [0.1, 0.15) is 11.5 Å². The number of carboxylic acids is 1. The van der Waals surface area contributed by atoms with Crippen LogP contribution >= 0.6 is 23.2 Å². The van der Waals surface area contributed by atoms with Gasteiger partial charge in [0.25, 0.3) is 0 Å². The number of ether oxygens (including phenoxy) is 1. The first-order valence-electron chi connectivity index (χ1n) is 8.08. The maximum Gasteiger partial charge on any atom is 0.335 e. The van der Waals surface area contributed by atoms with Gasteiger partial charge >= 0.3 is 5.97 Å². The topological polar surface area (TPSA) is 64.3 Å². The van der Waals surface area contributed by atoms with E-state index in [0.29, 0.717) is 20.9 Å². The molecule has 28 heavy (non-hydrogen) atoms. The summed E-state index contributed by atoms with van der Waals surface area (Å²) >= 11 is 12.3. The number of rotatable bonds is 4. The number of fused-ring (bicyclic) bond motifs is 1. The number of aromatic nitrogens is 2. The lowest BCUT2D eigenvalue weighted by Crippen LogP contribution is -2.03. The van der Waals surface area contributed by atoms with Crippen LogP contribution in [0.25, 0.3) is 16.6 Å². The SMILES string of the molecule is O=C(O)c1ccc(-n2nc(Oc3c(Cl)cccc3Cl)c3ccccc32)c(F)c1. The van der Waals surface area contributed by atoms with Crippen molar-refractivity contribution < 1.29 is 19.0 Å². The number of carbonyl (C=O) groups is 1. The Labute approximate surface area is 168 Å². The highest BCUT2D eigenvalue weighted by Crippen LogP contribution is 2.38. The summed E-state index contributed by atoms with van der Waals surface area (Å²) in [4.78, 5) is 11.1. The lowest BCUT2D eigenvalue weighted by Gasteiger charge is -2.07. The average Bonchev–Trinajstić information content (AvgIpc) is 3.03. The predicted molar refractivity (Wildman–Crippen MR) is 105 cm³/mol. The summed E-state index contributed by atoms with van der Waals surface area (Å²) in [6.45, 7) is 0. The van der Waals surface area contributed by atoms with Crippen LogP contribution in [0.4, 0.5) is 4.39 Å². The van der Waals surface area contributed by atoms with Gasteiger partial charge < -0.3 is 9.84 Å². The number of halogens is 3. The maximum atomic E-state index is 14.6. The minimum Gasteiger partial charge on any atom is -0.478 e. The summed E-state index contributed by atoms with van der Waals surface area (Å²) < 4.78 is 21.8. The fourth-order valence-corrected chi connectivity index (χ4v) is 3.26. The molecule has 4 rings (SSSR count). The van der Waals surface area contributed by atoms with Gasteiger partial charge in [0, 0.05) is 0 Å². The van der Waals surface area contributed by atoms with Crippen LogP contribution in [-0.4, -0.2) is 20.9 Å². The van der Waals surface area contributed by atoms with E-state index >= 15 is 0 Å². The molecule has 5 nitrogen and oxygen atoms in total. The third kappa shape index (κ3) is 3.17. The molecular formula is C20H11Cl2FN2O3. The van der Waals surface area contributed by atoms with E-state index in [0.717, 1.165) is 6.07 Å². The van der Waals surface area contributed by atoms with E-state index in [-0.39, 0.29) is 22.9 Å². The van der Waals surface area contributed by atoms with Crippen molar-refractivity contribution in [2.75, 3.05) is 0 Å². The van der Waals surface area contributed by atoms with Gasteiger partial charge in [0.15, 0.2) is 5.75 Å². The second kappa shape index (κ2) is 7.14. The molecule has 3 aromatic carbocycles. The van der Waals surface area contributed by atoms with Crippen molar-refractivity contribution in [3.63, 3.8) is 0 Å². The molecule has 0 atom stereocenters. The van der Waals surface area contributed by atoms with Gasteiger partial charge in [0.2, 0.25) is 5.88 Å². The molecule has 1 aromatic heterocycles. The molecule has 0 saturated carbocycles. The molecule has 0 aliphatic carbocycles. The van der Waals surface area contributed by atoms with Crippen molar-refractivity contribution in [2.24, 2.45) is 0 Å². The molecule has 8 heteroatoms. The number of carboxylic acid groups (broad SMARTS) is 1. The van der Waals surface area contributed by atoms with E-state index in [4.69, 9.17) is 33.0 Å². The highest BCUT2D eigenvalue weighted by atomic mass is 35.5. The first kappa shape index (κ1) is 18.3. The number of hydrogen-bond acceptors (Lipinski definition) is 3. The Hall–Kier alpha value is -3.09. The number of nitrogens with zero attached hydrogens (tertiary/aromatic N) is 2. The Balaban J connectivity index is 1.87. The Kier molecular flexibility index (Phi) is 4.66. The highest BCUT2D eigenvalue weighted by Gasteiger charge is 2.19. The van der Waals surface area contributed by atoms with Crippen LogP contribution in [0.3, 0.4) is 0 Å². The fourth-order valence-electron chi connectivity index (χ4n) is 2.79. The van der Waals surface area contributed by atoms with Crippen molar-refractivity contribution in [2.45, 2.75) is 0 Å². The van der Waals surface area contributed by atoms with Crippen LogP contribution in [0.15, 0.2) is 60.7 Å². The van der Waals surface area contributed by atoms with Crippen LogP contribution in [0, 0.1) is 5.82 Å². The zero-order chi connectivity index (χ0) is 19.8. The van der Waals surface area contributed by atoms with Gasteiger partial charge in [-0.2, -0.15) is 0 Å². The third-order valence-electron chi connectivity index (χ3n) is 4.09. The normalized spacial score (nSPS) is 11.0. The van der Waals surface area contributed by atoms with Crippen LogP contribution < -0.4 is 4.74 Å². The Morgan fingerprint density at radius 3 is 2.43 bits per heavy atom. The van der Waals surface area contributed by atoms with E-state index in [1.165, 1.54) is 16.8 Å². The molecule has 0 amide bonds. The summed E-state index contributed by atoms with van der Waals surface area (Å²) in [6, 6.07) is 15.6. The minimum atomic E-state index is -1.21.